The van der Waals surface area contributed by atoms with E-state index in [1.165, 1.54) is 4.90 Å². The SMILES string of the molecule is CC1=C(C#N)C(=O)N(C(C)c2ccccc2)C(=O)/C1=C/c1cn(-c2ccccc2)nc1-c1cccc(OCc2ccccc2)c1. The summed E-state index contributed by atoms with van der Waals surface area (Å²) >= 11 is 0. The lowest BCUT2D eigenvalue weighted by Crippen LogP contribution is -2.44. The zero-order valence-electron chi connectivity index (χ0n) is 24.9. The van der Waals surface area contributed by atoms with Gasteiger partial charge in [0.2, 0.25) is 0 Å². The molecule has 1 aliphatic heterocycles. The Morgan fingerprint density at radius 2 is 1.53 bits per heavy atom. The Bertz CT molecular complexity index is 1970. The maximum Gasteiger partial charge on any atom is 0.272 e. The number of hydrogen-bond acceptors (Lipinski definition) is 5. The third-order valence-electron chi connectivity index (χ3n) is 7.86. The third kappa shape index (κ3) is 5.95. The minimum atomic E-state index is -0.600. The molecule has 6 rings (SSSR count). The highest BCUT2D eigenvalue weighted by molar-refractivity contribution is 6.20. The smallest absolute Gasteiger partial charge is 0.272 e. The van der Waals surface area contributed by atoms with E-state index < -0.39 is 17.9 Å². The van der Waals surface area contributed by atoms with Gasteiger partial charge in [-0.1, -0.05) is 91.0 Å². The Morgan fingerprint density at radius 3 is 2.22 bits per heavy atom. The van der Waals surface area contributed by atoms with Gasteiger partial charge in [0.25, 0.3) is 11.8 Å². The van der Waals surface area contributed by atoms with Crippen molar-refractivity contribution in [2.24, 2.45) is 0 Å². The topological polar surface area (TPSA) is 88.2 Å². The molecule has 0 spiro atoms. The van der Waals surface area contributed by atoms with Crippen LogP contribution in [0.2, 0.25) is 0 Å². The first-order valence-corrected chi connectivity index (χ1v) is 14.6. The van der Waals surface area contributed by atoms with E-state index in [0.717, 1.165) is 22.4 Å². The van der Waals surface area contributed by atoms with Crippen LogP contribution in [0.5, 0.6) is 5.75 Å². The van der Waals surface area contributed by atoms with Crippen LogP contribution in [-0.2, 0) is 16.2 Å². The first kappa shape index (κ1) is 29.1. The third-order valence-corrected chi connectivity index (χ3v) is 7.86. The number of aromatic nitrogens is 2. The average molecular weight is 591 g/mol. The summed E-state index contributed by atoms with van der Waals surface area (Å²) in [6.07, 6.45) is 3.58. The fourth-order valence-electron chi connectivity index (χ4n) is 5.39. The summed E-state index contributed by atoms with van der Waals surface area (Å²) in [6.45, 7) is 3.85. The molecule has 4 aromatic carbocycles. The van der Waals surface area contributed by atoms with Crippen molar-refractivity contribution in [2.75, 3.05) is 0 Å². The number of nitriles is 1. The van der Waals surface area contributed by atoms with Crippen molar-refractivity contribution < 1.29 is 14.3 Å². The number of para-hydroxylation sites is 1. The van der Waals surface area contributed by atoms with Gasteiger partial charge in [0, 0.05) is 22.9 Å². The molecule has 1 unspecified atom stereocenters. The Kier molecular flexibility index (Phi) is 8.21. The molecule has 0 aliphatic carbocycles. The molecular weight excluding hydrogens is 560 g/mol. The maximum absolute atomic E-state index is 14.1. The molecule has 7 heteroatoms. The van der Waals surface area contributed by atoms with E-state index in [2.05, 4.69) is 0 Å². The molecule has 0 saturated heterocycles. The first-order valence-electron chi connectivity index (χ1n) is 14.6. The molecule has 0 radical (unpaired) electrons. The van der Waals surface area contributed by atoms with Crippen LogP contribution < -0.4 is 4.74 Å². The predicted octanol–water partition coefficient (Wildman–Crippen LogP) is 7.47. The van der Waals surface area contributed by atoms with E-state index in [1.54, 1.807) is 24.6 Å². The van der Waals surface area contributed by atoms with Crippen molar-refractivity contribution in [3.63, 3.8) is 0 Å². The van der Waals surface area contributed by atoms with Gasteiger partial charge in [-0.2, -0.15) is 10.4 Å². The van der Waals surface area contributed by atoms with Gasteiger partial charge in [0.15, 0.2) is 0 Å². The minimum absolute atomic E-state index is 0.0584. The number of rotatable bonds is 8. The van der Waals surface area contributed by atoms with Crippen molar-refractivity contribution in [2.45, 2.75) is 26.5 Å². The molecule has 0 bridgehead atoms. The molecule has 1 aromatic heterocycles. The predicted molar refractivity (Wildman–Crippen MR) is 173 cm³/mol. The number of hydrogen-bond donors (Lipinski definition) is 0. The number of nitrogens with zero attached hydrogens (tertiary/aromatic N) is 4. The second kappa shape index (κ2) is 12.7. The zero-order valence-corrected chi connectivity index (χ0v) is 24.9. The van der Waals surface area contributed by atoms with E-state index in [0.29, 0.717) is 29.2 Å². The van der Waals surface area contributed by atoms with Gasteiger partial charge < -0.3 is 4.74 Å². The number of imide groups is 1. The molecule has 45 heavy (non-hydrogen) atoms. The largest absolute Gasteiger partial charge is 0.489 e. The van der Waals surface area contributed by atoms with E-state index in [-0.39, 0.29) is 11.1 Å². The highest BCUT2D eigenvalue weighted by atomic mass is 16.5. The molecule has 220 valence electrons. The molecule has 7 nitrogen and oxygen atoms in total. The van der Waals surface area contributed by atoms with Crippen LogP contribution in [0.4, 0.5) is 0 Å². The summed E-state index contributed by atoms with van der Waals surface area (Å²) in [7, 11) is 0. The Balaban J connectivity index is 1.44. The molecule has 0 saturated carbocycles. The van der Waals surface area contributed by atoms with Gasteiger partial charge in [0.1, 0.15) is 29.7 Å². The number of carbonyl (C=O) groups is 2. The second-order valence-electron chi connectivity index (χ2n) is 10.8. The molecular formula is C38H30N4O3. The monoisotopic (exact) mass is 590 g/mol. The lowest BCUT2D eigenvalue weighted by Gasteiger charge is -2.32. The normalized spacial score (nSPS) is 14.9. The van der Waals surface area contributed by atoms with E-state index >= 15 is 0 Å². The van der Waals surface area contributed by atoms with Crippen LogP contribution in [-0.4, -0.2) is 26.5 Å². The minimum Gasteiger partial charge on any atom is -0.489 e. The summed E-state index contributed by atoms with van der Waals surface area (Å²) in [6, 6.07) is 38.0. The van der Waals surface area contributed by atoms with Crippen LogP contribution in [0.1, 0.15) is 36.6 Å². The van der Waals surface area contributed by atoms with Crippen molar-refractivity contribution in [1.29, 1.82) is 5.26 Å². The average Bonchev–Trinajstić information content (AvgIpc) is 3.51. The second-order valence-corrected chi connectivity index (χ2v) is 10.8. The quantitative estimate of drug-likeness (QED) is 0.138. The van der Waals surface area contributed by atoms with Crippen molar-refractivity contribution in [3.8, 4) is 28.8 Å². The molecule has 0 fully saturated rings. The Morgan fingerprint density at radius 1 is 0.867 bits per heavy atom. The van der Waals surface area contributed by atoms with Crippen LogP contribution in [0.25, 0.3) is 23.0 Å². The van der Waals surface area contributed by atoms with Gasteiger partial charge in [-0.3, -0.25) is 14.5 Å². The summed E-state index contributed by atoms with van der Waals surface area (Å²) in [5, 5.41) is 14.9. The standard InChI is InChI=1S/C38H30N4O3/c1-26-34(37(43)42(38(44)35(26)23-39)27(2)29-15-8-4-9-16-29)22-31-24-41(32-18-10-5-11-19-32)40-36(31)30-17-12-20-33(21-30)45-25-28-13-6-3-7-14-28/h3-22,24,27H,25H2,1-2H3/b34-22+. The van der Waals surface area contributed by atoms with Crippen LogP contribution in [0.3, 0.4) is 0 Å². The van der Waals surface area contributed by atoms with Gasteiger partial charge in [-0.05, 0) is 60.9 Å². The Hall–Kier alpha value is -6.00. The maximum atomic E-state index is 14.1. The summed E-state index contributed by atoms with van der Waals surface area (Å²) in [5.74, 6) is -0.391. The number of ether oxygens (including phenoxy) is 1. The van der Waals surface area contributed by atoms with Crippen LogP contribution in [0, 0.1) is 11.3 Å². The van der Waals surface area contributed by atoms with Crippen molar-refractivity contribution >= 4 is 17.9 Å². The zero-order chi connectivity index (χ0) is 31.3. The van der Waals surface area contributed by atoms with Gasteiger partial charge in [-0.25, -0.2) is 4.68 Å². The fraction of sp³-hybridized carbons (Fsp3) is 0.105. The van der Waals surface area contributed by atoms with Crippen LogP contribution in [0.15, 0.2) is 138 Å². The molecule has 0 N–H and O–H groups in total. The molecule has 1 aliphatic rings. The lowest BCUT2D eigenvalue weighted by atomic mass is 9.91. The summed E-state index contributed by atoms with van der Waals surface area (Å²) < 4.78 is 7.86. The van der Waals surface area contributed by atoms with Crippen molar-refractivity contribution in [3.05, 3.63) is 155 Å². The molecule has 2 amide bonds. The van der Waals surface area contributed by atoms with Gasteiger partial charge in [0.05, 0.1) is 11.7 Å². The fourth-order valence-corrected chi connectivity index (χ4v) is 5.39. The number of benzene rings is 4. The number of amides is 2. The Labute approximate surface area is 261 Å². The highest BCUT2D eigenvalue weighted by Crippen LogP contribution is 2.35. The molecule has 2 heterocycles. The first-order chi connectivity index (χ1) is 21.9. The van der Waals surface area contributed by atoms with Crippen molar-refractivity contribution in [1.82, 2.24) is 14.7 Å². The van der Waals surface area contributed by atoms with Crippen LogP contribution >= 0.6 is 0 Å². The highest BCUT2D eigenvalue weighted by Gasteiger charge is 2.39. The lowest BCUT2D eigenvalue weighted by molar-refractivity contribution is -0.143. The van der Waals surface area contributed by atoms with E-state index in [1.807, 2.05) is 128 Å². The van der Waals surface area contributed by atoms with Gasteiger partial charge >= 0.3 is 0 Å². The molecule has 1 atom stereocenters. The summed E-state index contributed by atoms with van der Waals surface area (Å²) in [4.78, 5) is 28.7. The van der Waals surface area contributed by atoms with Gasteiger partial charge in [-0.15, -0.1) is 0 Å². The van der Waals surface area contributed by atoms with E-state index in [4.69, 9.17) is 9.84 Å². The summed E-state index contributed by atoms with van der Waals surface area (Å²) in [5.41, 5.74) is 5.29. The number of carbonyl (C=O) groups excluding carboxylic acids is 2. The van der Waals surface area contributed by atoms with E-state index in [9.17, 15) is 14.9 Å². The molecule has 5 aromatic rings.